The SMILES string of the molecule is CC(C)c1nnc(NS(=O)(=O)c2ccc3c(c2)CC(N)C3)s1.Cl. The van der Waals surface area contributed by atoms with Crippen LogP contribution in [0.25, 0.3) is 0 Å². The zero-order valence-corrected chi connectivity index (χ0v) is 15.3. The summed E-state index contributed by atoms with van der Waals surface area (Å²) in [5.41, 5.74) is 8.06. The Balaban J connectivity index is 0.00000192. The molecular weight excluding hydrogens is 356 g/mol. The third kappa shape index (κ3) is 3.82. The van der Waals surface area contributed by atoms with Crippen molar-refractivity contribution >= 4 is 38.9 Å². The first-order valence-corrected chi connectivity index (χ1v) is 9.39. The van der Waals surface area contributed by atoms with Crippen molar-refractivity contribution in [1.29, 1.82) is 0 Å². The Morgan fingerprint density at radius 2 is 1.96 bits per heavy atom. The second-order valence-corrected chi connectivity index (χ2v) is 8.50. The summed E-state index contributed by atoms with van der Waals surface area (Å²) in [6, 6.07) is 5.24. The van der Waals surface area contributed by atoms with Crippen molar-refractivity contribution in [3.05, 3.63) is 34.3 Å². The van der Waals surface area contributed by atoms with Crippen molar-refractivity contribution in [2.75, 3.05) is 4.72 Å². The molecule has 0 saturated heterocycles. The molecule has 1 atom stereocenters. The molecule has 3 N–H and O–H groups in total. The van der Waals surface area contributed by atoms with Crippen LogP contribution in [0.5, 0.6) is 0 Å². The maximum Gasteiger partial charge on any atom is 0.263 e. The van der Waals surface area contributed by atoms with E-state index in [1.807, 2.05) is 19.9 Å². The fourth-order valence-electron chi connectivity index (χ4n) is 2.48. The summed E-state index contributed by atoms with van der Waals surface area (Å²) in [4.78, 5) is 0.238. The number of nitrogens with zero attached hydrogens (tertiary/aromatic N) is 2. The average molecular weight is 375 g/mol. The van der Waals surface area contributed by atoms with Gasteiger partial charge in [-0.25, -0.2) is 8.42 Å². The Labute approximate surface area is 146 Å². The predicted molar refractivity (Wildman–Crippen MR) is 93.9 cm³/mol. The maximum atomic E-state index is 12.5. The molecule has 6 nitrogen and oxygen atoms in total. The van der Waals surface area contributed by atoms with E-state index < -0.39 is 10.0 Å². The van der Waals surface area contributed by atoms with Gasteiger partial charge in [-0.1, -0.05) is 31.3 Å². The van der Waals surface area contributed by atoms with E-state index in [9.17, 15) is 8.42 Å². The van der Waals surface area contributed by atoms with E-state index in [2.05, 4.69) is 14.9 Å². The van der Waals surface area contributed by atoms with Crippen molar-refractivity contribution in [2.24, 2.45) is 5.73 Å². The van der Waals surface area contributed by atoms with Crippen LogP contribution >= 0.6 is 23.7 Å². The summed E-state index contributed by atoms with van der Waals surface area (Å²) in [6.45, 7) is 3.98. The van der Waals surface area contributed by atoms with E-state index in [1.165, 1.54) is 11.3 Å². The van der Waals surface area contributed by atoms with E-state index >= 15 is 0 Å². The molecule has 0 amide bonds. The number of sulfonamides is 1. The van der Waals surface area contributed by atoms with Crippen LogP contribution in [0, 0.1) is 0 Å². The van der Waals surface area contributed by atoms with Crippen molar-refractivity contribution in [3.63, 3.8) is 0 Å². The second kappa shape index (κ2) is 6.72. The van der Waals surface area contributed by atoms with Gasteiger partial charge in [0, 0.05) is 12.0 Å². The lowest BCUT2D eigenvalue weighted by molar-refractivity contribution is 0.601. The largest absolute Gasteiger partial charge is 0.327 e. The molecule has 1 aromatic carbocycles. The average Bonchev–Trinajstić information content (AvgIpc) is 3.02. The molecule has 0 fully saturated rings. The molecule has 0 aliphatic heterocycles. The van der Waals surface area contributed by atoms with Crippen LogP contribution in [0.15, 0.2) is 23.1 Å². The van der Waals surface area contributed by atoms with E-state index in [4.69, 9.17) is 5.73 Å². The fraction of sp³-hybridized carbons (Fsp3) is 0.429. The van der Waals surface area contributed by atoms with Crippen LogP contribution in [-0.2, 0) is 22.9 Å². The lowest BCUT2D eigenvalue weighted by Gasteiger charge is -2.07. The van der Waals surface area contributed by atoms with Gasteiger partial charge in [-0.15, -0.1) is 22.6 Å². The minimum absolute atomic E-state index is 0. The number of halogens is 1. The van der Waals surface area contributed by atoms with Crippen LogP contribution < -0.4 is 10.5 Å². The summed E-state index contributed by atoms with van der Waals surface area (Å²) < 4.78 is 27.4. The topological polar surface area (TPSA) is 98.0 Å². The number of aromatic nitrogens is 2. The van der Waals surface area contributed by atoms with E-state index in [0.717, 1.165) is 29.0 Å². The molecular formula is C14H19ClN4O2S2. The fourth-order valence-corrected chi connectivity index (χ4v) is 4.50. The Morgan fingerprint density at radius 1 is 1.26 bits per heavy atom. The van der Waals surface area contributed by atoms with Gasteiger partial charge in [-0.05, 0) is 36.1 Å². The number of benzene rings is 1. The molecule has 3 rings (SSSR count). The van der Waals surface area contributed by atoms with Gasteiger partial charge < -0.3 is 5.73 Å². The molecule has 9 heteroatoms. The quantitative estimate of drug-likeness (QED) is 0.855. The normalized spacial score (nSPS) is 17.0. The molecule has 1 heterocycles. The van der Waals surface area contributed by atoms with Gasteiger partial charge in [0.15, 0.2) is 0 Å². The van der Waals surface area contributed by atoms with Crippen LogP contribution in [0.4, 0.5) is 5.13 Å². The summed E-state index contributed by atoms with van der Waals surface area (Å²) in [5, 5.41) is 8.97. The highest BCUT2D eigenvalue weighted by Crippen LogP contribution is 2.27. The zero-order chi connectivity index (χ0) is 15.9. The lowest BCUT2D eigenvalue weighted by Crippen LogP contribution is -2.19. The number of hydrogen-bond donors (Lipinski definition) is 2. The number of anilines is 1. The molecule has 0 spiro atoms. The van der Waals surface area contributed by atoms with Gasteiger partial charge in [0.2, 0.25) is 5.13 Å². The first kappa shape index (κ1) is 18.1. The Bertz CT molecular complexity index is 805. The van der Waals surface area contributed by atoms with Crippen molar-refractivity contribution in [1.82, 2.24) is 10.2 Å². The molecule has 126 valence electrons. The number of rotatable bonds is 4. The molecule has 1 unspecified atom stereocenters. The number of nitrogens with one attached hydrogen (secondary N) is 1. The van der Waals surface area contributed by atoms with Crippen molar-refractivity contribution in [2.45, 2.75) is 43.5 Å². The van der Waals surface area contributed by atoms with E-state index in [-0.39, 0.29) is 29.3 Å². The van der Waals surface area contributed by atoms with Gasteiger partial charge in [-0.3, -0.25) is 4.72 Å². The summed E-state index contributed by atoms with van der Waals surface area (Å²) in [6.07, 6.45) is 1.52. The minimum atomic E-state index is -3.65. The molecule has 1 aliphatic carbocycles. The van der Waals surface area contributed by atoms with E-state index in [0.29, 0.717) is 5.13 Å². The van der Waals surface area contributed by atoms with Crippen LogP contribution in [0.2, 0.25) is 0 Å². The number of fused-ring (bicyclic) bond motifs is 1. The van der Waals surface area contributed by atoms with Gasteiger partial charge in [0.25, 0.3) is 10.0 Å². The van der Waals surface area contributed by atoms with Gasteiger partial charge >= 0.3 is 0 Å². The Morgan fingerprint density at radius 3 is 2.61 bits per heavy atom. The number of nitrogens with two attached hydrogens (primary N) is 1. The first-order valence-electron chi connectivity index (χ1n) is 7.09. The van der Waals surface area contributed by atoms with Gasteiger partial charge in [-0.2, -0.15) is 0 Å². The molecule has 0 bridgehead atoms. The minimum Gasteiger partial charge on any atom is -0.327 e. The molecule has 0 saturated carbocycles. The van der Waals surface area contributed by atoms with Crippen LogP contribution in [0.1, 0.15) is 35.9 Å². The lowest BCUT2D eigenvalue weighted by atomic mass is 10.1. The monoisotopic (exact) mass is 374 g/mol. The summed E-state index contributed by atoms with van der Waals surface area (Å²) >= 11 is 1.26. The highest BCUT2D eigenvalue weighted by atomic mass is 35.5. The second-order valence-electron chi connectivity index (χ2n) is 5.80. The first-order chi connectivity index (χ1) is 10.3. The van der Waals surface area contributed by atoms with Gasteiger partial charge in [0.05, 0.1) is 4.90 Å². The zero-order valence-electron chi connectivity index (χ0n) is 12.8. The summed E-state index contributed by atoms with van der Waals surface area (Å²) in [5.74, 6) is 0.220. The Kier molecular flexibility index (Phi) is 5.30. The maximum absolute atomic E-state index is 12.5. The van der Waals surface area contributed by atoms with Crippen LogP contribution in [-0.4, -0.2) is 24.7 Å². The smallest absolute Gasteiger partial charge is 0.263 e. The molecule has 2 aromatic rings. The molecule has 1 aliphatic rings. The van der Waals surface area contributed by atoms with Crippen molar-refractivity contribution in [3.8, 4) is 0 Å². The molecule has 0 radical (unpaired) electrons. The highest BCUT2D eigenvalue weighted by Gasteiger charge is 2.23. The van der Waals surface area contributed by atoms with Crippen molar-refractivity contribution < 1.29 is 8.42 Å². The predicted octanol–water partition coefficient (Wildman–Crippen LogP) is 2.31. The highest BCUT2D eigenvalue weighted by molar-refractivity contribution is 7.93. The Hall–Kier alpha value is -1.22. The molecule has 1 aromatic heterocycles. The molecule has 23 heavy (non-hydrogen) atoms. The van der Waals surface area contributed by atoms with E-state index in [1.54, 1.807) is 12.1 Å². The van der Waals surface area contributed by atoms with Crippen LogP contribution in [0.3, 0.4) is 0 Å². The third-order valence-corrected chi connectivity index (χ3v) is 6.21. The van der Waals surface area contributed by atoms with Gasteiger partial charge in [0.1, 0.15) is 5.01 Å². The standard InChI is InChI=1S/C14H18N4O2S2.ClH/c1-8(2)13-16-17-14(21-13)18-22(19,20)12-4-3-9-5-11(15)6-10(9)7-12;/h3-4,7-8,11H,5-6,15H2,1-2H3,(H,17,18);1H. The third-order valence-electron chi connectivity index (χ3n) is 3.61. The summed E-state index contributed by atoms with van der Waals surface area (Å²) in [7, 11) is -3.65. The number of hydrogen-bond acceptors (Lipinski definition) is 6.